The topological polar surface area (TPSA) is 78.6 Å². The maximum Gasteiger partial charge on any atom is 0.270 e. The van der Waals surface area contributed by atoms with Crippen molar-refractivity contribution in [3.05, 3.63) is 33.9 Å². The third-order valence-electron chi connectivity index (χ3n) is 3.45. The van der Waals surface area contributed by atoms with Gasteiger partial charge in [-0.3, -0.25) is 15.1 Å². The molecule has 5 nitrogen and oxygen atoms in total. The molecule has 102 valence electrons. The quantitative estimate of drug-likeness (QED) is 0.363. The van der Waals surface area contributed by atoms with Gasteiger partial charge in [-0.05, 0) is 18.4 Å². The highest BCUT2D eigenvalue weighted by Gasteiger charge is 2.10. The average molecular weight is 261 g/mol. The van der Waals surface area contributed by atoms with Gasteiger partial charge in [-0.15, -0.1) is 0 Å². The SMILES string of the molecule is O=[N+]([O-])c1ccc([O-])c(C=NC2CCCCCC2)c1. The lowest BCUT2D eigenvalue weighted by molar-refractivity contribution is -0.385. The molecule has 19 heavy (non-hydrogen) atoms. The van der Waals surface area contributed by atoms with E-state index in [1.807, 2.05) is 0 Å². The molecular weight excluding hydrogens is 244 g/mol. The Balaban J connectivity index is 2.12. The van der Waals surface area contributed by atoms with Gasteiger partial charge in [0.2, 0.25) is 0 Å². The van der Waals surface area contributed by atoms with Crippen molar-refractivity contribution < 1.29 is 10.0 Å². The smallest absolute Gasteiger partial charge is 0.270 e. The highest BCUT2D eigenvalue weighted by atomic mass is 16.6. The zero-order chi connectivity index (χ0) is 13.7. The van der Waals surface area contributed by atoms with Gasteiger partial charge in [0.1, 0.15) is 0 Å². The third-order valence-corrected chi connectivity index (χ3v) is 3.45. The van der Waals surface area contributed by atoms with Gasteiger partial charge in [0.15, 0.2) is 0 Å². The summed E-state index contributed by atoms with van der Waals surface area (Å²) in [7, 11) is 0. The monoisotopic (exact) mass is 261 g/mol. The van der Waals surface area contributed by atoms with Crippen molar-refractivity contribution in [2.45, 2.75) is 44.6 Å². The normalized spacial score (nSPS) is 17.5. The van der Waals surface area contributed by atoms with Crippen LogP contribution in [0.1, 0.15) is 44.1 Å². The van der Waals surface area contributed by atoms with Gasteiger partial charge in [-0.1, -0.05) is 37.5 Å². The maximum atomic E-state index is 11.6. The zero-order valence-electron chi connectivity index (χ0n) is 10.7. The number of nitro benzene ring substituents is 1. The van der Waals surface area contributed by atoms with E-state index in [0.29, 0.717) is 5.56 Å². The second kappa shape index (κ2) is 6.31. The van der Waals surface area contributed by atoms with Crippen LogP contribution in [0.2, 0.25) is 0 Å². The predicted molar refractivity (Wildman–Crippen MR) is 71.6 cm³/mol. The standard InChI is InChI=1S/C14H18N2O3/c17-14-8-7-13(16(18)19)9-11(14)10-15-12-5-3-1-2-4-6-12/h7-10,12,17H,1-6H2/p-1. The number of rotatable bonds is 3. The fourth-order valence-electron chi connectivity index (χ4n) is 2.34. The molecule has 1 aromatic carbocycles. The van der Waals surface area contributed by atoms with Crippen LogP contribution in [0.5, 0.6) is 5.75 Å². The minimum atomic E-state index is -0.498. The first-order valence-corrected chi connectivity index (χ1v) is 6.65. The molecule has 0 atom stereocenters. The largest absolute Gasteiger partial charge is 0.872 e. The minimum Gasteiger partial charge on any atom is -0.872 e. The van der Waals surface area contributed by atoms with Crippen molar-refractivity contribution >= 4 is 11.9 Å². The highest BCUT2D eigenvalue weighted by Crippen LogP contribution is 2.22. The van der Waals surface area contributed by atoms with Gasteiger partial charge in [-0.2, -0.15) is 0 Å². The highest BCUT2D eigenvalue weighted by molar-refractivity contribution is 5.84. The Kier molecular flexibility index (Phi) is 4.49. The lowest BCUT2D eigenvalue weighted by Crippen LogP contribution is -2.04. The molecule has 1 aliphatic rings. The molecule has 5 heteroatoms. The van der Waals surface area contributed by atoms with Crippen molar-refractivity contribution in [2.75, 3.05) is 0 Å². The van der Waals surface area contributed by atoms with Crippen molar-refractivity contribution in [3.8, 4) is 5.75 Å². The molecule has 1 aliphatic carbocycles. The first-order valence-electron chi connectivity index (χ1n) is 6.65. The number of non-ortho nitro benzene ring substituents is 1. The van der Waals surface area contributed by atoms with E-state index in [0.717, 1.165) is 12.8 Å². The molecule has 0 saturated heterocycles. The second-order valence-electron chi connectivity index (χ2n) is 4.90. The summed E-state index contributed by atoms with van der Waals surface area (Å²) in [6.45, 7) is 0. The Bertz CT molecular complexity index is 478. The Labute approximate surface area is 112 Å². The number of benzene rings is 1. The van der Waals surface area contributed by atoms with E-state index >= 15 is 0 Å². The van der Waals surface area contributed by atoms with Crippen LogP contribution in [0.3, 0.4) is 0 Å². The molecule has 0 radical (unpaired) electrons. The Morgan fingerprint density at radius 2 is 1.89 bits per heavy atom. The number of nitro groups is 1. The summed E-state index contributed by atoms with van der Waals surface area (Å²) in [4.78, 5) is 14.6. The van der Waals surface area contributed by atoms with Crippen LogP contribution in [-0.2, 0) is 0 Å². The van der Waals surface area contributed by atoms with E-state index in [-0.39, 0.29) is 17.5 Å². The van der Waals surface area contributed by atoms with Crippen LogP contribution in [0, 0.1) is 10.1 Å². The summed E-state index contributed by atoms with van der Waals surface area (Å²) in [6.07, 6.45) is 8.41. The molecule has 0 aromatic heterocycles. The molecule has 0 spiro atoms. The summed E-state index contributed by atoms with van der Waals surface area (Å²) in [5.41, 5.74) is 0.236. The van der Waals surface area contributed by atoms with Crippen LogP contribution < -0.4 is 5.11 Å². The van der Waals surface area contributed by atoms with Crippen LogP contribution in [0.4, 0.5) is 5.69 Å². The fraction of sp³-hybridized carbons (Fsp3) is 0.500. The lowest BCUT2D eigenvalue weighted by atomic mass is 10.1. The summed E-state index contributed by atoms with van der Waals surface area (Å²) in [5, 5.41) is 22.3. The molecular formula is C14H17N2O3-. The van der Waals surface area contributed by atoms with Gasteiger partial charge in [0.25, 0.3) is 5.69 Å². The minimum absolute atomic E-state index is 0.0677. The number of hydrogen-bond donors (Lipinski definition) is 0. The van der Waals surface area contributed by atoms with Gasteiger partial charge >= 0.3 is 0 Å². The molecule has 0 amide bonds. The molecule has 1 aromatic rings. The van der Waals surface area contributed by atoms with Crippen LogP contribution in [0.15, 0.2) is 23.2 Å². The summed E-state index contributed by atoms with van der Waals surface area (Å²) < 4.78 is 0. The molecule has 0 bridgehead atoms. The Morgan fingerprint density at radius 1 is 1.21 bits per heavy atom. The summed E-state index contributed by atoms with van der Waals surface area (Å²) in [6, 6.07) is 4.00. The van der Waals surface area contributed by atoms with E-state index in [2.05, 4.69) is 4.99 Å². The first kappa shape index (κ1) is 13.5. The molecule has 0 aliphatic heterocycles. The maximum absolute atomic E-state index is 11.6. The summed E-state index contributed by atoms with van der Waals surface area (Å²) in [5.74, 6) is -0.219. The Morgan fingerprint density at radius 3 is 2.53 bits per heavy atom. The van der Waals surface area contributed by atoms with Crippen LogP contribution >= 0.6 is 0 Å². The number of hydrogen-bond acceptors (Lipinski definition) is 4. The van der Waals surface area contributed by atoms with Crippen molar-refractivity contribution in [1.82, 2.24) is 0 Å². The zero-order valence-corrected chi connectivity index (χ0v) is 10.7. The lowest BCUT2D eigenvalue weighted by Gasteiger charge is -2.11. The first-order chi connectivity index (χ1) is 9.16. The fourth-order valence-corrected chi connectivity index (χ4v) is 2.34. The van der Waals surface area contributed by atoms with E-state index in [9.17, 15) is 15.2 Å². The molecule has 1 fully saturated rings. The van der Waals surface area contributed by atoms with Gasteiger partial charge < -0.3 is 5.11 Å². The van der Waals surface area contributed by atoms with Gasteiger partial charge in [-0.25, -0.2) is 0 Å². The molecule has 1 saturated carbocycles. The number of aliphatic imine (C=N–C) groups is 1. The van der Waals surface area contributed by atoms with Gasteiger partial charge in [0, 0.05) is 24.4 Å². The van der Waals surface area contributed by atoms with E-state index in [4.69, 9.17) is 0 Å². The van der Waals surface area contributed by atoms with Crippen molar-refractivity contribution in [2.24, 2.45) is 4.99 Å². The van der Waals surface area contributed by atoms with Crippen molar-refractivity contribution in [3.63, 3.8) is 0 Å². The van der Waals surface area contributed by atoms with E-state index < -0.39 is 4.92 Å². The Hall–Kier alpha value is -1.91. The number of nitrogens with zero attached hydrogens (tertiary/aromatic N) is 2. The summed E-state index contributed by atoms with van der Waals surface area (Å²) >= 11 is 0. The predicted octanol–water partition coefficient (Wildman–Crippen LogP) is 2.81. The van der Waals surface area contributed by atoms with Crippen LogP contribution in [-0.4, -0.2) is 17.2 Å². The molecule has 2 rings (SSSR count). The van der Waals surface area contributed by atoms with E-state index in [1.54, 1.807) is 0 Å². The second-order valence-corrected chi connectivity index (χ2v) is 4.90. The van der Waals surface area contributed by atoms with Crippen LogP contribution in [0.25, 0.3) is 0 Å². The third kappa shape index (κ3) is 3.77. The molecule has 0 heterocycles. The molecule has 0 unspecified atom stereocenters. The average Bonchev–Trinajstić information content (AvgIpc) is 2.66. The molecule has 0 N–H and O–H groups in total. The van der Waals surface area contributed by atoms with Crippen molar-refractivity contribution in [1.29, 1.82) is 0 Å². The van der Waals surface area contributed by atoms with E-state index in [1.165, 1.54) is 50.1 Å². The van der Waals surface area contributed by atoms with Gasteiger partial charge in [0.05, 0.1) is 4.92 Å².